The third-order valence-electron chi connectivity index (χ3n) is 3.13. The van der Waals surface area contributed by atoms with Gasteiger partial charge in [-0.05, 0) is 24.3 Å². The smallest absolute Gasteiger partial charge is 0.249 e. The monoisotopic (exact) mass is 343 g/mol. The second-order valence-electron chi connectivity index (χ2n) is 4.88. The first-order chi connectivity index (χ1) is 11.1. The van der Waals surface area contributed by atoms with Gasteiger partial charge in [0, 0.05) is 45.7 Å². The molecule has 4 nitrogen and oxygen atoms in total. The Hall–Kier alpha value is -2.37. The van der Waals surface area contributed by atoms with Crippen molar-refractivity contribution in [1.29, 1.82) is 0 Å². The number of rotatable bonds is 4. The normalized spacial score (nSPS) is 11.0. The number of hydrogen-bond donors (Lipinski definition) is 1. The fourth-order valence-corrected chi connectivity index (χ4v) is 3.30. The first-order valence-corrected chi connectivity index (χ1v) is 8.15. The quantitative estimate of drug-likeness (QED) is 0.711. The molecule has 6 heteroatoms. The Labute approximate surface area is 143 Å². The lowest BCUT2D eigenvalue weighted by molar-refractivity contribution is -0.111. The summed E-state index contributed by atoms with van der Waals surface area (Å²) in [6.07, 6.45) is 5.05. The topological polar surface area (TPSA) is 46.9 Å². The van der Waals surface area contributed by atoms with Crippen LogP contribution in [0.2, 0.25) is 5.02 Å². The molecule has 2 heterocycles. The molecule has 0 fully saturated rings. The largest absolute Gasteiger partial charge is 0.306 e. The summed E-state index contributed by atoms with van der Waals surface area (Å²) in [6.45, 7) is 0. The van der Waals surface area contributed by atoms with Gasteiger partial charge in [-0.3, -0.25) is 9.48 Å². The van der Waals surface area contributed by atoms with Gasteiger partial charge in [-0.15, -0.1) is 11.3 Å². The van der Waals surface area contributed by atoms with E-state index >= 15 is 0 Å². The standard InChI is InChI=1S/C17H14ClN3OS/c1-21-11-10-16(20-21)19-17(22)9-7-12-6-8-15(23-12)13-4-2-3-5-14(13)18/h2-11H,1H3,(H,19,20,22). The number of carbonyl (C=O) groups excluding carboxylic acids is 1. The molecule has 0 unspecified atom stereocenters. The number of aryl methyl sites for hydroxylation is 1. The van der Waals surface area contributed by atoms with Crippen LogP contribution in [0.3, 0.4) is 0 Å². The van der Waals surface area contributed by atoms with Crippen molar-refractivity contribution in [2.75, 3.05) is 5.32 Å². The van der Waals surface area contributed by atoms with Gasteiger partial charge in [0.05, 0.1) is 0 Å². The summed E-state index contributed by atoms with van der Waals surface area (Å²) in [5.74, 6) is 0.321. The zero-order valence-electron chi connectivity index (χ0n) is 12.4. The molecule has 0 aliphatic rings. The molecule has 0 saturated heterocycles. The second kappa shape index (κ2) is 6.81. The maximum Gasteiger partial charge on any atom is 0.249 e. The molecule has 0 bridgehead atoms. The fourth-order valence-electron chi connectivity index (χ4n) is 2.06. The Morgan fingerprint density at radius 3 is 2.83 bits per heavy atom. The molecule has 3 aromatic rings. The SMILES string of the molecule is Cn1ccc(NC(=O)C=Cc2ccc(-c3ccccc3Cl)s2)n1. The number of amides is 1. The van der Waals surface area contributed by atoms with Gasteiger partial charge in [0.1, 0.15) is 0 Å². The first-order valence-electron chi connectivity index (χ1n) is 6.95. The van der Waals surface area contributed by atoms with Crippen LogP contribution in [-0.2, 0) is 11.8 Å². The molecule has 0 spiro atoms. The number of halogens is 1. The first kappa shape index (κ1) is 15.5. The summed E-state index contributed by atoms with van der Waals surface area (Å²) in [6, 6.07) is 13.4. The highest BCUT2D eigenvalue weighted by atomic mass is 35.5. The summed E-state index contributed by atoms with van der Waals surface area (Å²) >= 11 is 7.78. The van der Waals surface area contributed by atoms with Crippen LogP contribution in [0.5, 0.6) is 0 Å². The molecule has 1 aromatic carbocycles. The molecular formula is C17H14ClN3OS. The lowest BCUT2D eigenvalue weighted by Gasteiger charge is -1.99. The van der Waals surface area contributed by atoms with E-state index in [9.17, 15) is 4.79 Å². The van der Waals surface area contributed by atoms with Crippen molar-refractivity contribution in [3.63, 3.8) is 0 Å². The second-order valence-corrected chi connectivity index (χ2v) is 6.40. The van der Waals surface area contributed by atoms with Crippen molar-refractivity contribution in [2.45, 2.75) is 0 Å². The summed E-state index contributed by atoms with van der Waals surface area (Å²) in [7, 11) is 1.80. The number of hydrogen-bond acceptors (Lipinski definition) is 3. The maximum absolute atomic E-state index is 11.9. The molecule has 2 aromatic heterocycles. The third-order valence-corrected chi connectivity index (χ3v) is 4.54. The Balaban J connectivity index is 1.69. The molecule has 0 saturated carbocycles. The highest BCUT2D eigenvalue weighted by Gasteiger charge is 2.05. The van der Waals surface area contributed by atoms with Crippen LogP contribution in [0.4, 0.5) is 5.82 Å². The number of anilines is 1. The molecule has 0 aliphatic heterocycles. The van der Waals surface area contributed by atoms with E-state index in [2.05, 4.69) is 10.4 Å². The lowest BCUT2D eigenvalue weighted by Crippen LogP contribution is -2.08. The minimum Gasteiger partial charge on any atom is -0.306 e. The molecule has 0 atom stereocenters. The van der Waals surface area contributed by atoms with Crippen LogP contribution in [0, 0.1) is 0 Å². The molecule has 1 N–H and O–H groups in total. The van der Waals surface area contributed by atoms with E-state index in [0.29, 0.717) is 5.82 Å². The average Bonchev–Trinajstić information content (AvgIpc) is 3.15. The van der Waals surface area contributed by atoms with E-state index in [-0.39, 0.29) is 5.91 Å². The van der Waals surface area contributed by atoms with Gasteiger partial charge in [0.25, 0.3) is 0 Å². The van der Waals surface area contributed by atoms with Gasteiger partial charge in [0.2, 0.25) is 5.91 Å². The van der Waals surface area contributed by atoms with E-state index in [0.717, 1.165) is 20.3 Å². The van der Waals surface area contributed by atoms with Gasteiger partial charge in [-0.2, -0.15) is 5.10 Å². The van der Waals surface area contributed by atoms with Crippen LogP contribution >= 0.6 is 22.9 Å². The molecular weight excluding hydrogens is 330 g/mol. The zero-order chi connectivity index (χ0) is 16.2. The van der Waals surface area contributed by atoms with Gasteiger partial charge in [0.15, 0.2) is 5.82 Å². The number of carbonyl (C=O) groups is 1. The molecule has 3 rings (SSSR count). The van der Waals surface area contributed by atoms with Gasteiger partial charge in [-0.1, -0.05) is 29.8 Å². The zero-order valence-corrected chi connectivity index (χ0v) is 13.9. The van der Waals surface area contributed by atoms with Crippen molar-refractivity contribution < 1.29 is 4.79 Å². The van der Waals surface area contributed by atoms with Crippen molar-refractivity contribution in [3.05, 3.63) is 64.6 Å². The number of nitrogens with zero attached hydrogens (tertiary/aromatic N) is 2. The van der Waals surface area contributed by atoms with Crippen molar-refractivity contribution in [1.82, 2.24) is 9.78 Å². The van der Waals surface area contributed by atoms with Crippen LogP contribution < -0.4 is 5.32 Å². The molecule has 0 aliphatic carbocycles. The number of thiophene rings is 1. The van der Waals surface area contributed by atoms with E-state index in [1.165, 1.54) is 6.08 Å². The van der Waals surface area contributed by atoms with E-state index < -0.39 is 0 Å². The predicted molar refractivity (Wildman–Crippen MR) is 95.6 cm³/mol. The summed E-state index contributed by atoms with van der Waals surface area (Å²) in [5.41, 5.74) is 0.997. The summed E-state index contributed by atoms with van der Waals surface area (Å²) < 4.78 is 1.63. The Kier molecular flexibility index (Phi) is 4.60. The van der Waals surface area contributed by atoms with E-state index in [1.54, 1.807) is 41.4 Å². The van der Waals surface area contributed by atoms with Crippen LogP contribution in [0.1, 0.15) is 4.88 Å². The van der Waals surface area contributed by atoms with Gasteiger partial charge < -0.3 is 5.32 Å². The van der Waals surface area contributed by atoms with Crippen LogP contribution in [-0.4, -0.2) is 15.7 Å². The minimum atomic E-state index is -0.212. The molecule has 23 heavy (non-hydrogen) atoms. The predicted octanol–water partition coefficient (Wildman–Crippen LogP) is 4.45. The average molecular weight is 344 g/mol. The molecule has 0 radical (unpaired) electrons. The Morgan fingerprint density at radius 1 is 1.26 bits per heavy atom. The summed E-state index contributed by atoms with van der Waals surface area (Å²) in [5, 5.41) is 7.52. The molecule has 116 valence electrons. The number of nitrogens with one attached hydrogen (secondary N) is 1. The van der Waals surface area contributed by atoms with Gasteiger partial charge in [-0.25, -0.2) is 0 Å². The maximum atomic E-state index is 11.9. The van der Waals surface area contributed by atoms with Crippen LogP contribution in [0.25, 0.3) is 16.5 Å². The Bertz CT molecular complexity index is 866. The van der Waals surface area contributed by atoms with Crippen LogP contribution in [0.15, 0.2) is 54.7 Å². The fraction of sp³-hybridized carbons (Fsp3) is 0.0588. The lowest BCUT2D eigenvalue weighted by atomic mass is 10.2. The van der Waals surface area contributed by atoms with Crippen molar-refractivity contribution in [3.8, 4) is 10.4 Å². The van der Waals surface area contributed by atoms with Gasteiger partial charge >= 0.3 is 0 Å². The van der Waals surface area contributed by atoms with E-state index in [4.69, 9.17) is 11.6 Å². The van der Waals surface area contributed by atoms with Crippen molar-refractivity contribution >= 4 is 40.7 Å². The summed E-state index contributed by atoms with van der Waals surface area (Å²) in [4.78, 5) is 13.9. The third kappa shape index (κ3) is 3.88. The Morgan fingerprint density at radius 2 is 2.09 bits per heavy atom. The number of benzene rings is 1. The highest BCUT2D eigenvalue weighted by molar-refractivity contribution is 7.16. The minimum absolute atomic E-state index is 0.212. The van der Waals surface area contributed by atoms with E-state index in [1.807, 2.05) is 36.4 Å². The molecule has 1 amide bonds. The van der Waals surface area contributed by atoms with Crippen molar-refractivity contribution in [2.24, 2.45) is 7.05 Å². The highest BCUT2D eigenvalue weighted by Crippen LogP contribution is 2.33. The number of aromatic nitrogens is 2.